The fourth-order valence-corrected chi connectivity index (χ4v) is 3.65. The van der Waals surface area contributed by atoms with Crippen LogP contribution in [-0.2, 0) is 14.4 Å². The molecule has 0 spiro atoms. The molecule has 7 heteroatoms. The van der Waals surface area contributed by atoms with Crippen molar-refractivity contribution >= 4 is 17.9 Å². The summed E-state index contributed by atoms with van der Waals surface area (Å²) in [6.45, 7) is 3.50. The highest BCUT2D eigenvalue weighted by molar-refractivity contribution is 5.67. The zero-order chi connectivity index (χ0) is 22.7. The van der Waals surface area contributed by atoms with Crippen LogP contribution in [0.5, 0.6) is 0 Å². The second-order valence-corrected chi connectivity index (χ2v) is 8.17. The van der Waals surface area contributed by atoms with Crippen LogP contribution >= 0.6 is 0 Å². The van der Waals surface area contributed by atoms with E-state index in [2.05, 4.69) is 19.1 Å². The van der Waals surface area contributed by atoms with Gasteiger partial charge in [-0.1, -0.05) is 44.8 Å². The van der Waals surface area contributed by atoms with E-state index in [1.807, 2.05) is 0 Å². The van der Waals surface area contributed by atoms with E-state index in [-0.39, 0.29) is 43.4 Å². The number of unbranched alkanes of at least 4 members (excludes halogenated alkanes) is 8. The highest BCUT2D eigenvalue weighted by Gasteiger charge is 2.28. The van der Waals surface area contributed by atoms with Crippen LogP contribution < -0.4 is 5.11 Å². The van der Waals surface area contributed by atoms with Crippen molar-refractivity contribution in [3.05, 3.63) is 12.2 Å². The molecule has 0 aliphatic rings. The third kappa shape index (κ3) is 17.0. The van der Waals surface area contributed by atoms with Gasteiger partial charge in [0, 0.05) is 12.4 Å². The number of nitrogens with zero attached hydrogens (tertiary/aromatic N) is 1. The number of hydrogen-bond donors (Lipinski definition) is 2. The monoisotopic (exact) mass is 427 g/mol. The normalized spacial score (nSPS) is 11.8. The third-order valence-corrected chi connectivity index (χ3v) is 5.53. The number of carboxylic acid groups (broad SMARTS) is 3. The maximum absolute atomic E-state index is 11.0. The highest BCUT2D eigenvalue weighted by Crippen LogP contribution is 2.16. The lowest BCUT2D eigenvalue weighted by Gasteiger charge is -2.38. The smallest absolute Gasteiger partial charge is 0.309 e. The zero-order valence-corrected chi connectivity index (χ0v) is 18.7. The van der Waals surface area contributed by atoms with Gasteiger partial charge in [0.15, 0.2) is 0 Å². The van der Waals surface area contributed by atoms with Gasteiger partial charge in [0.1, 0.15) is 0 Å². The van der Waals surface area contributed by atoms with E-state index in [1.54, 1.807) is 0 Å². The molecule has 0 aromatic carbocycles. The largest absolute Gasteiger partial charge is 0.550 e. The van der Waals surface area contributed by atoms with Crippen molar-refractivity contribution in [2.24, 2.45) is 0 Å². The summed E-state index contributed by atoms with van der Waals surface area (Å²) in [5.41, 5.74) is 0. The Morgan fingerprint density at radius 2 is 1.17 bits per heavy atom. The van der Waals surface area contributed by atoms with Gasteiger partial charge in [-0.3, -0.25) is 9.59 Å². The standard InChI is InChI=1S/C23H41NO6/c1-2-3-4-5-6-7-8-9-10-11-12-13-17-24(18-14-21(25)26,19-15-22(27)28)20-16-23(29)30/h8-9H,2-7,10-20H2,1H3,(H2-,25,26,27,28,29,30)/b9-8+. The topological polar surface area (TPSA) is 115 Å². The van der Waals surface area contributed by atoms with Gasteiger partial charge in [0.2, 0.25) is 0 Å². The minimum atomic E-state index is -1.19. The molecule has 0 fully saturated rings. The van der Waals surface area contributed by atoms with Crippen LogP contribution in [0.2, 0.25) is 0 Å². The first-order valence-corrected chi connectivity index (χ1v) is 11.4. The van der Waals surface area contributed by atoms with Crippen LogP contribution in [0, 0.1) is 0 Å². The number of allylic oxidation sites excluding steroid dienone is 2. The second kappa shape index (κ2) is 17.9. The van der Waals surface area contributed by atoms with Crippen molar-refractivity contribution in [3.8, 4) is 0 Å². The summed E-state index contributed by atoms with van der Waals surface area (Å²) < 4.78 is 0.209. The van der Waals surface area contributed by atoms with Crippen molar-refractivity contribution in [1.29, 1.82) is 0 Å². The molecule has 174 valence electrons. The van der Waals surface area contributed by atoms with E-state index in [4.69, 9.17) is 10.2 Å². The molecular formula is C23H41NO6. The minimum absolute atomic E-state index is 0.104. The number of carbonyl (C=O) groups is 3. The molecule has 7 nitrogen and oxygen atoms in total. The number of carbonyl (C=O) groups excluding carboxylic acids is 1. The van der Waals surface area contributed by atoms with Gasteiger partial charge in [0.25, 0.3) is 0 Å². The Kier molecular flexibility index (Phi) is 16.8. The first-order valence-electron chi connectivity index (χ1n) is 11.4. The van der Waals surface area contributed by atoms with Gasteiger partial charge >= 0.3 is 11.9 Å². The van der Waals surface area contributed by atoms with E-state index in [1.165, 1.54) is 32.1 Å². The van der Waals surface area contributed by atoms with Gasteiger partial charge in [-0.05, 0) is 38.5 Å². The summed E-state index contributed by atoms with van der Waals surface area (Å²) >= 11 is 0. The maximum Gasteiger partial charge on any atom is 0.309 e. The van der Waals surface area contributed by atoms with Gasteiger partial charge in [-0.25, -0.2) is 0 Å². The predicted octanol–water partition coefficient (Wildman–Crippen LogP) is 3.37. The summed E-state index contributed by atoms with van der Waals surface area (Å²) in [7, 11) is 0. The molecule has 0 aromatic heterocycles. The molecule has 0 saturated heterocycles. The molecule has 0 aliphatic carbocycles. The van der Waals surface area contributed by atoms with Crippen LogP contribution in [0.15, 0.2) is 12.2 Å². The lowest BCUT2D eigenvalue weighted by molar-refractivity contribution is -0.927. The Morgan fingerprint density at radius 3 is 1.63 bits per heavy atom. The molecule has 0 aliphatic heterocycles. The SMILES string of the molecule is CCCCCCC/C=C/CCCCC[N+](CCC(=O)[O-])(CCC(=O)O)CCC(=O)O. The molecule has 0 rings (SSSR count). The van der Waals surface area contributed by atoms with Crippen molar-refractivity contribution in [2.45, 2.75) is 90.4 Å². The lowest BCUT2D eigenvalue weighted by Crippen LogP contribution is -2.53. The summed E-state index contributed by atoms with van der Waals surface area (Å²) in [4.78, 5) is 33.0. The molecule has 0 radical (unpaired) electrons. The average Bonchev–Trinajstić information content (AvgIpc) is 2.69. The third-order valence-electron chi connectivity index (χ3n) is 5.53. The van der Waals surface area contributed by atoms with Crippen molar-refractivity contribution in [3.63, 3.8) is 0 Å². The average molecular weight is 428 g/mol. The van der Waals surface area contributed by atoms with E-state index < -0.39 is 17.9 Å². The van der Waals surface area contributed by atoms with E-state index in [0.717, 1.165) is 32.1 Å². The first kappa shape index (κ1) is 28.1. The van der Waals surface area contributed by atoms with Gasteiger partial charge in [-0.15, -0.1) is 0 Å². The number of carboxylic acids is 3. The first-order chi connectivity index (χ1) is 14.3. The zero-order valence-electron chi connectivity index (χ0n) is 18.7. The molecule has 2 N–H and O–H groups in total. The van der Waals surface area contributed by atoms with Crippen LogP contribution in [0.25, 0.3) is 0 Å². The molecule has 30 heavy (non-hydrogen) atoms. The summed E-state index contributed by atoms with van der Waals surface area (Å²) in [5.74, 6) is -3.11. The molecular weight excluding hydrogens is 386 g/mol. The maximum atomic E-state index is 11.0. The van der Waals surface area contributed by atoms with E-state index in [9.17, 15) is 19.5 Å². The Labute approximate surface area is 181 Å². The highest BCUT2D eigenvalue weighted by atomic mass is 16.4. The number of rotatable bonds is 21. The Morgan fingerprint density at radius 1 is 0.700 bits per heavy atom. The number of hydrogen-bond acceptors (Lipinski definition) is 4. The van der Waals surface area contributed by atoms with E-state index in [0.29, 0.717) is 6.54 Å². The van der Waals surface area contributed by atoms with Crippen molar-refractivity contribution in [1.82, 2.24) is 0 Å². The van der Waals surface area contributed by atoms with Gasteiger partial charge in [-0.2, -0.15) is 0 Å². The Balaban J connectivity index is 4.40. The number of aliphatic carboxylic acids is 3. The molecule has 0 heterocycles. The minimum Gasteiger partial charge on any atom is -0.550 e. The van der Waals surface area contributed by atoms with Crippen LogP contribution in [0.4, 0.5) is 0 Å². The number of quaternary nitrogens is 1. The predicted molar refractivity (Wildman–Crippen MR) is 115 cm³/mol. The van der Waals surface area contributed by atoms with E-state index >= 15 is 0 Å². The quantitative estimate of drug-likeness (QED) is 0.165. The summed E-state index contributed by atoms with van der Waals surface area (Å²) in [6, 6.07) is 0. The van der Waals surface area contributed by atoms with Gasteiger partial charge < -0.3 is 24.6 Å². The van der Waals surface area contributed by atoms with Crippen molar-refractivity contribution in [2.75, 3.05) is 26.2 Å². The second-order valence-electron chi connectivity index (χ2n) is 8.17. The Hall–Kier alpha value is -1.89. The van der Waals surface area contributed by atoms with Gasteiger partial charge in [0.05, 0.1) is 39.0 Å². The molecule has 0 aromatic rings. The molecule has 0 amide bonds. The van der Waals surface area contributed by atoms with Crippen LogP contribution in [0.3, 0.4) is 0 Å². The fourth-order valence-electron chi connectivity index (χ4n) is 3.65. The molecule has 0 bridgehead atoms. The Bertz CT molecular complexity index is 472. The van der Waals surface area contributed by atoms with Crippen LogP contribution in [-0.4, -0.2) is 58.8 Å². The summed E-state index contributed by atoms with van der Waals surface area (Å²) in [6.07, 6.45) is 15.4. The van der Waals surface area contributed by atoms with Crippen molar-refractivity contribution < 1.29 is 34.2 Å². The van der Waals surface area contributed by atoms with Crippen LogP contribution in [0.1, 0.15) is 90.4 Å². The lowest BCUT2D eigenvalue weighted by atomic mass is 10.1. The molecule has 0 atom stereocenters. The fraction of sp³-hybridized carbons (Fsp3) is 0.783. The molecule has 0 saturated carbocycles. The summed E-state index contributed by atoms with van der Waals surface area (Å²) in [5, 5.41) is 29.0. The molecule has 0 unspecified atom stereocenters.